The molecule has 24 heavy (non-hydrogen) atoms. The number of primary amides is 2. The van der Waals surface area contributed by atoms with Crippen molar-refractivity contribution in [1.29, 1.82) is 0 Å². The van der Waals surface area contributed by atoms with Gasteiger partial charge in [-0.1, -0.05) is 39.0 Å². The number of carbonyl (C=O) groups is 2. The van der Waals surface area contributed by atoms with Crippen LogP contribution in [0.2, 0.25) is 0 Å². The van der Waals surface area contributed by atoms with Gasteiger partial charge < -0.3 is 31.5 Å². The molecule has 0 aromatic carbocycles. The molecule has 0 aliphatic heterocycles. The van der Waals surface area contributed by atoms with Crippen molar-refractivity contribution in [2.75, 3.05) is 0 Å². The Morgan fingerprint density at radius 2 is 1.54 bits per heavy atom. The summed E-state index contributed by atoms with van der Waals surface area (Å²) in [5.74, 6) is -2.27. The second-order valence-corrected chi connectivity index (χ2v) is 5.72. The molecule has 0 bridgehead atoms. The molecule has 8 nitrogen and oxygen atoms in total. The lowest BCUT2D eigenvalue weighted by atomic mass is 10.0. The van der Waals surface area contributed by atoms with Gasteiger partial charge in [0.15, 0.2) is 6.10 Å². The van der Waals surface area contributed by atoms with Gasteiger partial charge in [-0.2, -0.15) is 0 Å². The summed E-state index contributed by atoms with van der Waals surface area (Å²) in [7, 11) is 0. The van der Waals surface area contributed by atoms with Crippen molar-refractivity contribution in [3.8, 4) is 0 Å². The predicted molar refractivity (Wildman–Crippen MR) is 88.4 cm³/mol. The Hall–Kier alpha value is -1.64. The number of aliphatic hydroxyl groups is 3. The molecule has 0 radical (unpaired) electrons. The Morgan fingerprint density at radius 3 is 2.08 bits per heavy atom. The first-order chi connectivity index (χ1) is 11.3. The second-order valence-electron chi connectivity index (χ2n) is 5.72. The minimum absolute atomic E-state index is 0.736. The number of unbranched alkanes of at least 4 members (excludes halogenated alkanes) is 6. The van der Waals surface area contributed by atoms with Crippen LogP contribution in [-0.4, -0.2) is 51.5 Å². The van der Waals surface area contributed by atoms with E-state index in [0.29, 0.717) is 0 Å². The van der Waals surface area contributed by atoms with Crippen LogP contribution in [-0.2, 0) is 14.3 Å². The molecule has 0 saturated heterocycles. The number of nitrogens with two attached hydrogens (primary N) is 2. The summed E-state index contributed by atoms with van der Waals surface area (Å²) in [5, 5.41) is 28.7. The fourth-order valence-electron chi connectivity index (χ4n) is 2.10. The van der Waals surface area contributed by atoms with Crippen LogP contribution >= 0.6 is 0 Å². The average molecular weight is 346 g/mol. The predicted octanol–water partition coefficient (Wildman–Crippen LogP) is -0.311. The lowest BCUT2D eigenvalue weighted by molar-refractivity contribution is -0.152. The van der Waals surface area contributed by atoms with Crippen molar-refractivity contribution in [1.82, 2.24) is 0 Å². The number of amides is 2. The third kappa shape index (κ3) is 8.85. The van der Waals surface area contributed by atoms with E-state index in [1.165, 1.54) is 31.9 Å². The van der Waals surface area contributed by atoms with Crippen LogP contribution in [0.15, 0.2) is 12.3 Å². The fraction of sp³-hybridized carbons (Fsp3) is 0.750. The van der Waals surface area contributed by atoms with Crippen molar-refractivity contribution in [2.24, 2.45) is 11.5 Å². The molecule has 7 N–H and O–H groups in total. The van der Waals surface area contributed by atoms with Crippen molar-refractivity contribution in [3.63, 3.8) is 0 Å². The van der Waals surface area contributed by atoms with Gasteiger partial charge in [-0.25, -0.2) is 0 Å². The highest BCUT2D eigenvalue weighted by Crippen LogP contribution is 2.10. The molecule has 0 aromatic heterocycles. The van der Waals surface area contributed by atoms with E-state index in [0.717, 1.165) is 19.3 Å². The van der Waals surface area contributed by atoms with Crippen LogP contribution in [0.25, 0.3) is 0 Å². The lowest BCUT2D eigenvalue weighted by Crippen LogP contribution is -2.53. The van der Waals surface area contributed by atoms with Gasteiger partial charge in [-0.3, -0.25) is 9.59 Å². The van der Waals surface area contributed by atoms with Crippen LogP contribution in [0.3, 0.4) is 0 Å². The summed E-state index contributed by atoms with van der Waals surface area (Å²) < 4.78 is 5.03. The van der Waals surface area contributed by atoms with Crippen LogP contribution in [0.4, 0.5) is 0 Å². The second kappa shape index (κ2) is 12.7. The molecule has 0 saturated carbocycles. The average Bonchev–Trinajstić information content (AvgIpc) is 2.54. The number of hydrogen-bond acceptors (Lipinski definition) is 6. The van der Waals surface area contributed by atoms with Gasteiger partial charge in [0, 0.05) is 0 Å². The zero-order valence-electron chi connectivity index (χ0n) is 14.1. The van der Waals surface area contributed by atoms with Crippen molar-refractivity contribution >= 4 is 11.8 Å². The van der Waals surface area contributed by atoms with Crippen LogP contribution in [0, 0.1) is 0 Å². The van der Waals surface area contributed by atoms with Gasteiger partial charge in [-0.15, -0.1) is 0 Å². The SMILES string of the molecule is CCCCCCCC/C=C/O[C@@H](C(N)=O)[C@@H](O)[C@H](O)[C@H](O)C(N)=O. The maximum atomic E-state index is 11.3. The van der Waals surface area contributed by atoms with Gasteiger partial charge in [0.2, 0.25) is 12.0 Å². The van der Waals surface area contributed by atoms with E-state index in [-0.39, 0.29) is 0 Å². The molecule has 0 fully saturated rings. The summed E-state index contributed by atoms with van der Waals surface area (Å²) in [6.45, 7) is 2.16. The van der Waals surface area contributed by atoms with E-state index in [1.54, 1.807) is 6.08 Å². The molecule has 0 aliphatic carbocycles. The van der Waals surface area contributed by atoms with Crippen LogP contribution in [0.1, 0.15) is 51.9 Å². The normalized spacial score (nSPS) is 16.5. The van der Waals surface area contributed by atoms with Gasteiger partial charge in [-0.05, 0) is 18.9 Å². The highest BCUT2D eigenvalue weighted by Gasteiger charge is 2.37. The van der Waals surface area contributed by atoms with E-state index < -0.39 is 36.2 Å². The number of allylic oxidation sites excluding steroid dienone is 1. The maximum Gasteiger partial charge on any atom is 0.261 e. The van der Waals surface area contributed by atoms with Crippen LogP contribution in [0.5, 0.6) is 0 Å². The maximum absolute atomic E-state index is 11.3. The highest BCUT2D eigenvalue weighted by molar-refractivity contribution is 5.81. The third-order valence-corrected chi connectivity index (χ3v) is 3.60. The minimum atomic E-state index is -2.03. The smallest absolute Gasteiger partial charge is 0.261 e. The molecule has 0 rings (SSSR count). The zero-order valence-corrected chi connectivity index (χ0v) is 14.1. The lowest BCUT2D eigenvalue weighted by Gasteiger charge is -2.25. The van der Waals surface area contributed by atoms with E-state index in [1.807, 2.05) is 0 Å². The first kappa shape index (κ1) is 22.4. The Morgan fingerprint density at radius 1 is 0.958 bits per heavy atom. The minimum Gasteiger partial charge on any atom is -0.486 e. The molecule has 4 atom stereocenters. The van der Waals surface area contributed by atoms with E-state index >= 15 is 0 Å². The van der Waals surface area contributed by atoms with E-state index in [4.69, 9.17) is 16.2 Å². The van der Waals surface area contributed by atoms with Crippen molar-refractivity contribution in [3.05, 3.63) is 12.3 Å². The molecular weight excluding hydrogens is 316 g/mol. The molecule has 0 aliphatic rings. The number of carbonyl (C=O) groups excluding carboxylic acids is 2. The molecule has 2 amide bonds. The molecular formula is C16H30N2O6. The molecule has 8 heteroatoms. The van der Waals surface area contributed by atoms with Gasteiger partial charge in [0.1, 0.15) is 12.2 Å². The standard InChI is InChI=1S/C16H30N2O6/c1-2-3-4-5-6-7-8-9-10-24-14(16(18)23)12(20)11(19)13(21)15(17)22/h9-14,19-21H,2-8H2,1H3,(H2,17,22)(H2,18,23)/b10-9+/t11-,12-,13-,14+/m0/s1. The highest BCUT2D eigenvalue weighted by atomic mass is 16.5. The van der Waals surface area contributed by atoms with Crippen molar-refractivity contribution in [2.45, 2.75) is 76.3 Å². The Kier molecular flexibility index (Phi) is 11.9. The quantitative estimate of drug-likeness (QED) is 0.214. The number of hydrogen-bond donors (Lipinski definition) is 5. The molecule has 140 valence electrons. The molecule has 0 aromatic rings. The fourth-order valence-corrected chi connectivity index (χ4v) is 2.10. The summed E-state index contributed by atoms with van der Waals surface area (Å²) in [5.41, 5.74) is 9.91. The Labute approximate surface area is 142 Å². The summed E-state index contributed by atoms with van der Waals surface area (Å²) in [6, 6.07) is 0. The van der Waals surface area contributed by atoms with E-state index in [2.05, 4.69) is 6.92 Å². The first-order valence-corrected chi connectivity index (χ1v) is 8.26. The summed E-state index contributed by atoms with van der Waals surface area (Å²) in [4.78, 5) is 22.1. The number of aliphatic hydroxyl groups excluding tert-OH is 3. The van der Waals surface area contributed by atoms with Gasteiger partial charge in [0.25, 0.3) is 5.91 Å². The van der Waals surface area contributed by atoms with Gasteiger partial charge >= 0.3 is 0 Å². The summed E-state index contributed by atoms with van der Waals surface area (Å²) in [6.07, 6.45) is 3.01. The number of ether oxygens (including phenoxy) is 1. The van der Waals surface area contributed by atoms with Gasteiger partial charge in [0.05, 0.1) is 6.26 Å². The monoisotopic (exact) mass is 346 g/mol. The Balaban J connectivity index is 4.27. The number of rotatable bonds is 14. The molecule has 0 heterocycles. The third-order valence-electron chi connectivity index (χ3n) is 3.60. The topological polar surface area (TPSA) is 156 Å². The Bertz CT molecular complexity index is 402. The van der Waals surface area contributed by atoms with E-state index in [9.17, 15) is 24.9 Å². The molecule has 0 spiro atoms. The summed E-state index contributed by atoms with van der Waals surface area (Å²) >= 11 is 0. The molecule has 0 unspecified atom stereocenters. The largest absolute Gasteiger partial charge is 0.486 e. The van der Waals surface area contributed by atoms with Crippen LogP contribution < -0.4 is 11.5 Å². The van der Waals surface area contributed by atoms with Crippen molar-refractivity contribution < 1.29 is 29.6 Å². The zero-order chi connectivity index (χ0) is 18.5. The first-order valence-electron chi connectivity index (χ1n) is 8.26.